The number of likely N-dealkylation sites (N-methyl/N-ethyl adjacent to an activating group) is 1. The zero-order valence-electron chi connectivity index (χ0n) is 34.1. The highest BCUT2D eigenvalue weighted by molar-refractivity contribution is 7.47. The third-order valence-electron chi connectivity index (χ3n) is 10.9. The summed E-state index contributed by atoms with van der Waals surface area (Å²) in [6.07, 6.45) is -7.78. The number of nitrogen functional groups attached to an aromatic ring is 1. The lowest BCUT2D eigenvalue weighted by molar-refractivity contribution is -0.165. The van der Waals surface area contributed by atoms with Crippen LogP contribution in [0.2, 0.25) is 0 Å². The van der Waals surface area contributed by atoms with Crippen LogP contribution in [0.1, 0.15) is 38.3 Å². The molecule has 2 unspecified atom stereocenters. The van der Waals surface area contributed by atoms with Gasteiger partial charge in [0.2, 0.25) is 5.91 Å². The first-order valence-corrected chi connectivity index (χ1v) is 22.8. The van der Waals surface area contributed by atoms with Gasteiger partial charge in [-0.3, -0.25) is 32.6 Å². The lowest BCUT2D eigenvalue weighted by Crippen LogP contribution is -2.50. The van der Waals surface area contributed by atoms with E-state index in [4.69, 9.17) is 34.7 Å². The number of ether oxygens (including phenoxy) is 3. The second-order valence-corrected chi connectivity index (χ2v) is 18.1. The summed E-state index contributed by atoms with van der Waals surface area (Å²) in [6.45, 7) is 1.25. The van der Waals surface area contributed by atoms with Crippen molar-refractivity contribution in [2.75, 3.05) is 45.6 Å². The van der Waals surface area contributed by atoms with Gasteiger partial charge in [0, 0.05) is 26.4 Å². The van der Waals surface area contributed by atoms with Gasteiger partial charge >= 0.3 is 21.6 Å². The molecule has 4 aliphatic heterocycles. The van der Waals surface area contributed by atoms with Gasteiger partial charge in [0.1, 0.15) is 60.3 Å². The van der Waals surface area contributed by atoms with Gasteiger partial charge in [-0.05, 0) is 31.9 Å². The number of nitrogens with two attached hydrogens (primary N) is 2. The molecule has 4 aliphatic rings. The maximum Gasteiger partial charge on any atom is 0.472 e. The minimum Gasteiger partial charge on any atom is -0.455 e. The third kappa shape index (κ3) is 11.8. The Labute approximate surface area is 362 Å². The summed E-state index contributed by atoms with van der Waals surface area (Å²) in [6, 6.07) is -1.40. The fourth-order valence-corrected chi connectivity index (χ4v) is 9.02. The third-order valence-corrected chi connectivity index (χ3v) is 12.4. The minimum atomic E-state index is -5.45. The van der Waals surface area contributed by atoms with Crippen molar-refractivity contribution in [1.82, 2.24) is 29.3 Å². The molecule has 2 aromatic rings. The fraction of sp³-hybridized carbons (Fsp3) is 0.629. The smallest absolute Gasteiger partial charge is 0.455 e. The van der Waals surface area contributed by atoms with Gasteiger partial charge < -0.3 is 55.5 Å². The van der Waals surface area contributed by atoms with Crippen LogP contribution in [0, 0.1) is 5.92 Å². The Bertz CT molecular complexity index is 2220. The first-order chi connectivity index (χ1) is 30.1. The predicted molar refractivity (Wildman–Crippen MR) is 213 cm³/mol. The van der Waals surface area contributed by atoms with Crippen molar-refractivity contribution in [2.24, 2.45) is 16.6 Å². The summed E-state index contributed by atoms with van der Waals surface area (Å²) in [4.78, 5) is 87.9. The number of rotatable bonds is 19. The number of esters is 1. The summed E-state index contributed by atoms with van der Waals surface area (Å²) in [5, 5.41) is 23.0. The number of amidine groups is 1. The van der Waals surface area contributed by atoms with E-state index in [0.29, 0.717) is 6.54 Å². The highest BCUT2D eigenvalue weighted by Crippen LogP contribution is 2.50. The lowest BCUT2D eigenvalue weighted by Gasteiger charge is -2.35. The number of imidazole rings is 1. The topological polar surface area (TPSA) is 356 Å². The van der Waals surface area contributed by atoms with E-state index in [-0.39, 0.29) is 61.5 Å². The van der Waals surface area contributed by atoms with E-state index in [1.54, 1.807) is 0 Å². The SMILES string of the molecule is C=CCCC(=O)N(C)[C@@H](CCN1CCCC(F)(F)C1)C(=O)O[C@H]1[C@@H](O)[C@H](n2cnc3c(N)ncnc32)O[C@@H]1COP(=O)(O)O[C@H]1[C@@H](O)[C@H](C2C=CC(N)=NC2=O)O[C@@H]1COP(=O)(O)O. The van der Waals surface area contributed by atoms with Gasteiger partial charge in [0.05, 0.1) is 32.0 Å². The van der Waals surface area contributed by atoms with Crippen molar-refractivity contribution in [1.29, 1.82) is 0 Å². The Hall–Kier alpha value is -4.21. The molecular weight excluding hydrogens is 902 g/mol. The van der Waals surface area contributed by atoms with E-state index in [2.05, 4.69) is 31.0 Å². The highest BCUT2D eigenvalue weighted by atomic mass is 31.2. The van der Waals surface area contributed by atoms with Crippen LogP contribution in [-0.4, -0.2) is 172 Å². The number of alkyl halides is 2. The lowest BCUT2D eigenvalue weighted by atomic mass is 9.94. The molecule has 0 saturated carbocycles. The quantitative estimate of drug-likeness (QED) is 0.0520. The molecule has 3 saturated heterocycles. The Balaban J connectivity index is 1.24. The van der Waals surface area contributed by atoms with E-state index in [9.17, 15) is 57.2 Å². The Morgan fingerprint density at radius 3 is 2.50 bits per heavy atom. The number of halogens is 2. The molecule has 0 aliphatic carbocycles. The zero-order valence-corrected chi connectivity index (χ0v) is 35.9. The number of phosphoric acid groups is 2. The van der Waals surface area contributed by atoms with Crippen LogP contribution >= 0.6 is 15.6 Å². The monoisotopic (exact) mass is 951 g/mol. The van der Waals surface area contributed by atoms with Crippen LogP contribution in [0.4, 0.5) is 14.6 Å². The molecule has 29 heteroatoms. The summed E-state index contributed by atoms with van der Waals surface area (Å²) < 4.78 is 87.6. The van der Waals surface area contributed by atoms with Crippen LogP contribution in [0.3, 0.4) is 0 Å². The number of phosphoric ester groups is 2. The molecule has 0 aromatic carbocycles. The molecule has 354 valence electrons. The average Bonchev–Trinajstić information content (AvgIpc) is 3.88. The van der Waals surface area contributed by atoms with Crippen molar-refractivity contribution >= 4 is 56.2 Å². The van der Waals surface area contributed by atoms with Crippen molar-refractivity contribution in [3.05, 3.63) is 37.5 Å². The number of allylic oxidation sites excluding steroid dienone is 1. The van der Waals surface area contributed by atoms with Crippen molar-refractivity contribution in [2.45, 2.75) is 93.0 Å². The predicted octanol–water partition coefficient (Wildman–Crippen LogP) is -0.697. The molecule has 11 atom stereocenters. The number of dihydropyridines is 1. The number of hydrogen-bond acceptors (Lipinski definition) is 19. The van der Waals surface area contributed by atoms with Gasteiger partial charge in [-0.2, -0.15) is 4.99 Å². The molecule has 3 fully saturated rings. The van der Waals surface area contributed by atoms with Gasteiger partial charge in [-0.1, -0.05) is 12.2 Å². The second-order valence-electron chi connectivity index (χ2n) is 15.4. The van der Waals surface area contributed by atoms with E-state index < -0.39 is 120 Å². The highest BCUT2D eigenvalue weighted by Gasteiger charge is 2.54. The molecule has 9 N–H and O–H groups in total. The van der Waals surface area contributed by atoms with Crippen LogP contribution in [0.15, 0.2) is 42.5 Å². The second kappa shape index (κ2) is 20.1. The largest absolute Gasteiger partial charge is 0.472 e. The van der Waals surface area contributed by atoms with Crippen molar-refractivity contribution < 1.29 is 85.0 Å². The van der Waals surface area contributed by atoms with Crippen LogP contribution in [0.5, 0.6) is 0 Å². The molecule has 0 spiro atoms. The van der Waals surface area contributed by atoms with Crippen molar-refractivity contribution in [3.63, 3.8) is 0 Å². The number of aliphatic imine (C=N–C) groups is 1. The number of fused-ring (bicyclic) bond motifs is 1. The van der Waals surface area contributed by atoms with Crippen LogP contribution in [0.25, 0.3) is 11.2 Å². The number of likely N-dealkylation sites (tertiary alicyclic amines) is 1. The van der Waals surface area contributed by atoms with E-state index in [1.165, 1.54) is 41.1 Å². The summed E-state index contributed by atoms with van der Waals surface area (Å²) in [5.41, 5.74) is 11.7. The number of aliphatic hydroxyl groups is 2. The number of carbonyl (C=O) groups is 3. The molecule has 6 heterocycles. The first-order valence-electron chi connectivity index (χ1n) is 19.8. The molecule has 0 radical (unpaired) electrons. The zero-order chi connectivity index (χ0) is 46.7. The van der Waals surface area contributed by atoms with Gasteiger partial charge in [0.25, 0.3) is 11.8 Å². The molecular formula is C35H49F2N9O16P2. The molecule has 6 rings (SSSR count). The van der Waals surface area contributed by atoms with Crippen LogP contribution < -0.4 is 11.5 Å². The molecule has 25 nitrogen and oxygen atoms in total. The maximum absolute atomic E-state index is 14.3. The first kappa shape index (κ1) is 49.2. The molecule has 0 bridgehead atoms. The molecule has 2 amide bonds. The Kier molecular flexibility index (Phi) is 15.5. The van der Waals surface area contributed by atoms with Gasteiger partial charge in [0.15, 0.2) is 23.8 Å². The maximum atomic E-state index is 14.3. The van der Waals surface area contributed by atoms with Crippen LogP contribution in [-0.2, 0) is 51.3 Å². The minimum absolute atomic E-state index is 0.0403. The number of aromatic nitrogens is 4. The van der Waals surface area contributed by atoms with E-state index >= 15 is 0 Å². The molecule has 2 aromatic heterocycles. The Morgan fingerprint density at radius 1 is 1.09 bits per heavy atom. The number of carbonyl (C=O) groups excluding carboxylic acids is 3. The number of anilines is 1. The summed E-state index contributed by atoms with van der Waals surface area (Å²) in [5.74, 6) is -6.99. The standard InChI is InChI=1S/C35H49F2N9O16P2/c1-3-4-6-23(47)44(2)19(9-12-45-11-5-10-35(36,37)15-45)34(51)61-28-20(60-33(26(28)49)46-17-42-24-30(39)40-16-41-31(24)46)14-58-64(55,56)62-29-21(13-57-63(52,53)54)59-27(25(29)48)18-7-8-22(38)43-32(18)50/h3,7-8,16-21,25-29,33,48-49H,1,4-6,9-15H2,2H3,(H,55,56)(H2,38,43,50)(H2,39,40,41)(H2,52,53,54)/t18?,19-,20+,21+,25-,26+,27-,28+,29+,33+/m0/s1. The van der Waals surface area contributed by atoms with Gasteiger partial charge in [-0.15, -0.1) is 6.58 Å². The summed E-state index contributed by atoms with van der Waals surface area (Å²) >= 11 is 0. The number of amides is 2. The summed E-state index contributed by atoms with van der Waals surface area (Å²) in [7, 11) is -9.32. The Morgan fingerprint density at radius 2 is 1.81 bits per heavy atom. The number of hydrogen-bond donors (Lipinski definition) is 7. The van der Waals surface area contributed by atoms with E-state index in [1.807, 2.05) is 0 Å². The molecule has 64 heavy (non-hydrogen) atoms. The fourth-order valence-electron chi connectivity index (χ4n) is 7.71. The number of aliphatic hydroxyl groups excluding tert-OH is 2. The van der Waals surface area contributed by atoms with Gasteiger partial charge in [-0.25, -0.2) is 37.7 Å². The number of piperidine rings is 1. The average molecular weight is 952 g/mol. The van der Waals surface area contributed by atoms with Crippen molar-refractivity contribution in [3.8, 4) is 0 Å². The normalized spacial score (nSPS) is 29.9. The number of nitrogens with zero attached hydrogens (tertiary/aromatic N) is 7. The van der Waals surface area contributed by atoms with E-state index in [0.717, 1.165) is 11.2 Å².